The summed E-state index contributed by atoms with van der Waals surface area (Å²) in [5.41, 5.74) is 3.68. The molecule has 0 fully saturated rings. The molecule has 5 nitrogen and oxygen atoms in total. The molecule has 0 unspecified atom stereocenters. The van der Waals surface area contributed by atoms with Crippen LogP contribution < -0.4 is 15.5 Å². The molecule has 0 aliphatic rings. The second-order valence-electron chi connectivity index (χ2n) is 6.69. The van der Waals surface area contributed by atoms with Gasteiger partial charge in [0.25, 0.3) is 5.91 Å². The first kappa shape index (κ1) is 20.7. The van der Waals surface area contributed by atoms with Crippen LogP contribution in [-0.4, -0.2) is 30.5 Å². The standard InChI is InChI=1S/C22H32N4O/c1-5-8-9-13-23-21-16-18(12-14-24-21)22(27)25-20-11-10-19(15-17(20)4)26(6-2)7-3/h10-12,14-16H,5-9,13H2,1-4H3,(H,23,24)(H,25,27). The Bertz CT molecular complexity index is 741. The third kappa shape index (κ3) is 5.98. The highest BCUT2D eigenvalue weighted by Gasteiger charge is 2.10. The van der Waals surface area contributed by atoms with Crippen molar-refractivity contribution >= 4 is 23.1 Å². The van der Waals surface area contributed by atoms with Gasteiger partial charge in [-0.15, -0.1) is 0 Å². The van der Waals surface area contributed by atoms with Crippen LogP contribution in [0.2, 0.25) is 0 Å². The van der Waals surface area contributed by atoms with E-state index in [1.54, 1.807) is 18.3 Å². The van der Waals surface area contributed by atoms with E-state index in [1.807, 2.05) is 13.0 Å². The lowest BCUT2D eigenvalue weighted by Gasteiger charge is -2.22. The van der Waals surface area contributed by atoms with Crippen molar-refractivity contribution in [1.82, 2.24) is 4.98 Å². The van der Waals surface area contributed by atoms with E-state index < -0.39 is 0 Å². The fraction of sp³-hybridized carbons (Fsp3) is 0.455. The Morgan fingerprint density at radius 2 is 1.85 bits per heavy atom. The number of nitrogens with zero attached hydrogens (tertiary/aromatic N) is 2. The zero-order valence-electron chi connectivity index (χ0n) is 17.0. The molecule has 2 N–H and O–H groups in total. The average Bonchev–Trinajstić information content (AvgIpc) is 2.68. The number of hydrogen-bond donors (Lipinski definition) is 2. The fourth-order valence-corrected chi connectivity index (χ4v) is 3.03. The summed E-state index contributed by atoms with van der Waals surface area (Å²) in [4.78, 5) is 19.2. The zero-order chi connectivity index (χ0) is 19.6. The number of unbranched alkanes of at least 4 members (excludes halogenated alkanes) is 2. The molecule has 0 bridgehead atoms. The molecular weight excluding hydrogens is 336 g/mol. The number of nitrogens with one attached hydrogen (secondary N) is 2. The summed E-state index contributed by atoms with van der Waals surface area (Å²) in [7, 11) is 0. The van der Waals surface area contributed by atoms with Crippen molar-refractivity contribution in [2.75, 3.05) is 35.2 Å². The maximum atomic E-state index is 12.6. The van der Waals surface area contributed by atoms with Gasteiger partial charge in [0.2, 0.25) is 0 Å². The lowest BCUT2D eigenvalue weighted by molar-refractivity contribution is 0.102. The van der Waals surface area contributed by atoms with E-state index in [0.717, 1.165) is 43.1 Å². The molecule has 0 aliphatic heterocycles. The number of aryl methyl sites for hydroxylation is 1. The number of pyridine rings is 1. The van der Waals surface area contributed by atoms with Gasteiger partial charge in [0, 0.05) is 42.8 Å². The van der Waals surface area contributed by atoms with E-state index in [2.05, 4.69) is 53.4 Å². The maximum Gasteiger partial charge on any atom is 0.255 e. The van der Waals surface area contributed by atoms with Gasteiger partial charge in [-0.1, -0.05) is 19.8 Å². The highest BCUT2D eigenvalue weighted by atomic mass is 16.1. The Morgan fingerprint density at radius 1 is 1.07 bits per heavy atom. The van der Waals surface area contributed by atoms with Gasteiger partial charge in [-0.2, -0.15) is 0 Å². The van der Waals surface area contributed by atoms with E-state index in [4.69, 9.17) is 0 Å². The maximum absolute atomic E-state index is 12.6. The Balaban J connectivity index is 2.04. The molecule has 0 atom stereocenters. The Morgan fingerprint density at radius 3 is 2.52 bits per heavy atom. The van der Waals surface area contributed by atoms with Crippen LogP contribution in [0.5, 0.6) is 0 Å². The van der Waals surface area contributed by atoms with Gasteiger partial charge in [-0.3, -0.25) is 4.79 Å². The highest BCUT2D eigenvalue weighted by molar-refractivity contribution is 6.05. The van der Waals surface area contributed by atoms with Crippen LogP contribution in [-0.2, 0) is 0 Å². The van der Waals surface area contributed by atoms with Gasteiger partial charge in [0.05, 0.1) is 0 Å². The van der Waals surface area contributed by atoms with Gasteiger partial charge in [0.1, 0.15) is 5.82 Å². The third-order valence-corrected chi connectivity index (χ3v) is 4.70. The number of carbonyl (C=O) groups excluding carboxylic acids is 1. The number of aromatic nitrogens is 1. The van der Waals surface area contributed by atoms with Crippen LogP contribution >= 0.6 is 0 Å². The number of anilines is 3. The van der Waals surface area contributed by atoms with Crippen molar-refractivity contribution in [1.29, 1.82) is 0 Å². The number of benzene rings is 1. The van der Waals surface area contributed by atoms with E-state index in [0.29, 0.717) is 5.56 Å². The van der Waals surface area contributed by atoms with Gasteiger partial charge in [-0.05, 0) is 63.1 Å². The molecule has 2 aromatic rings. The predicted octanol–water partition coefficient (Wildman–Crippen LogP) is 5.09. The lowest BCUT2D eigenvalue weighted by atomic mass is 10.1. The average molecular weight is 369 g/mol. The van der Waals surface area contributed by atoms with Crippen molar-refractivity contribution in [3.63, 3.8) is 0 Å². The molecule has 0 saturated heterocycles. The summed E-state index contributed by atoms with van der Waals surface area (Å²) < 4.78 is 0. The Kier molecular flexibility index (Phi) is 8.11. The Hall–Kier alpha value is -2.56. The molecule has 1 amide bonds. The molecule has 2 rings (SSSR count). The topological polar surface area (TPSA) is 57.3 Å². The van der Waals surface area contributed by atoms with Gasteiger partial charge < -0.3 is 15.5 Å². The SMILES string of the molecule is CCCCCNc1cc(C(=O)Nc2ccc(N(CC)CC)cc2C)ccn1. The first-order chi connectivity index (χ1) is 13.1. The molecule has 0 aliphatic carbocycles. The molecule has 1 aromatic carbocycles. The molecule has 27 heavy (non-hydrogen) atoms. The first-order valence-electron chi connectivity index (χ1n) is 9.95. The summed E-state index contributed by atoms with van der Waals surface area (Å²) in [5, 5.41) is 6.31. The summed E-state index contributed by atoms with van der Waals surface area (Å²) in [6.45, 7) is 11.3. The molecule has 0 saturated carbocycles. The largest absolute Gasteiger partial charge is 0.372 e. The summed E-state index contributed by atoms with van der Waals surface area (Å²) in [6.07, 6.45) is 5.15. The lowest BCUT2D eigenvalue weighted by Crippen LogP contribution is -2.22. The normalized spacial score (nSPS) is 10.5. The molecule has 1 aromatic heterocycles. The van der Waals surface area contributed by atoms with Crippen LogP contribution in [0.4, 0.5) is 17.2 Å². The van der Waals surface area contributed by atoms with Gasteiger partial charge in [0.15, 0.2) is 0 Å². The molecule has 0 spiro atoms. The molecule has 5 heteroatoms. The van der Waals surface area contributed by atoms with Crippen LogP contribution in [0.3, 0.4) is 0 Å². The minimum atomic E-state index is -0.118. The van der Waals surface area contributed by atoms with Crippen LogP contribution in [0.15, 0.2) is 36.5 Å². The first-order valence-corrected chi connectivity index (χ1v) is 9.95. The fourth-order valence-electron chi connectivity index (χ4n) is 3.03. The molecule has 146 valence electrons. The van der Waals surface area contributed by atoms with E-state index in [9.17, 15) is 4.79 Å². The van der Waals surface area contributed by atoms with Gasteiger partial charge in [-0.25, -0.2) is 4.98 Å². The predicted molar refractivity (Wildman–Crippen MR) is 115 cm³/mol. The van der Waals surface area contributed by atoms with Crippen LogP contribution in [0.25, 0.3) is 0 Å². The van der Waals surface area contributed by atoms with Crippen molar-refractivity contribution in [3.8, 4) is 0 Å². The van der Waals surface area contributed by atoms with Crippen LogP contribution in [0, 0.1) is 6.92 Å². The zero-order valence-corrected chi connectivity index (χ0v) is 17.0. The van der Waals surface area contributed by atoms with Crippen molar-refractivity contribution < 1.29 is 4.79 Å². The second-order valence-corrected chi connectivity index (χ2v) is 6.69. The van der Waals surface area contributed by atoms with Crippen molar-refractivity contribution in [3.05, 3.63) is 47.7 Å². The Labute approximate surface area is 163 Å². The summed E-state index contributed by atoms with van der Waals surface area (Å²) in [6, 6.07) is 9.71. The second kappa shape index (κ2) is 10.6. The van der Waals surface area contributed by atoms with Gasteiger partial charge >= 0.3 is 0 Å². The number of hydrogen-bond acceptors (Lipinski definition) is 4. The number of rotatable bonds is 10. The number of amides is 1. The monoisotopic (exact) mass is 368 g/mol. The molecule has 1 heterocycles. The number of carbonyl (C=O) groups is 1. The highest BCUT2D eigenvalue weighted by Crippen LogP contribution is 2.23. The van der Waals surface area contributed by atoms with E-state index in [1.165, 1.54) is 18.5 Å². The molecule has 0 radical (unpaired) electrons. The van der Waals surface area contributed by atoms with Crippen molar-refractivity contribution in [2.45, 2.75) is 47.0 Å². The molecular formula is C22H32N4O. The summed E-state index contributed by atoms with van der Waals surface area (Å²) in [5.74, 6) is 0.625. The van der Waals surface area contributed by atoms with Crippen molar-refractivity contribution in [2.24, 2.45) is 0 Å². The minimum Gasteiger partial charge on any atom is -0.372 e. The van der Waals surface area contributed by atoms with E-state index in [-0.39, 0.29) is 5.91 Å². The quantitative estimate of drug-likeness (QED) is 0.574. The smallest absolute Gasteiger partial charge is 0.255 e. The minimum absolute atomic E-state index is 0.118. The van der Waals surface area contributed by atoms with Crippen LogP contribution in [0.1, 0.15) is 56.0 Å². The third-order valence-electron chi connectivity index (χ3n) is 4.70. The summed E-state index contributed by atoms with van der Waals surface area (Å²) >= 11 is 0. The van der Waals surface area contributed by atoms with E-state index >= 15 is 0 Å².